The van der Waals surface area contributed by atoms with E-state index in [-0.39, 0.29) is 12.3 Å². The van der Waals surface area contributed by atoms with Crippen LogP contribution in [0.4, 0.5) is 4.79 Å². The summed E-state index contributed by atoms with van der Waals surface area (Å²) in [4.78, 5) is 37.5. The van der Waals surface area contributed by atoms with E-state index in [4.69, 9.17) is 5.73 Å². The van der Waals surface area contributed by atoms with Crippen molar-refractivity contribution in [1.82, 2.24) is 15.5 Å². The lowest BCUT2D eigenvalue weighted by molar-refractivity contribution is -0.134. The van der Waals surface area contributed by atoms with Gasteiger partial charge in [0, 0.05) is 20.1 Å². The molecule has 0 unspecified atom stereocenters. The number of rotatable bonds is 12. The van der Waals surface area contributed by atoms with Crippen LogP contribution < -0.4 is 16.4 Å². The number of hydrogen-bond donors (Lipinski definition) is 3. The predicted molar refractivity (Wildman–Crippen MR) is 106 cm³/mol. The Bertz CT molecular complexity index is 592. The molecule has 0 aromatic heterocycles. The topological polar surface area (TPSA) is 105 Å². The average molecular weight is 377 g/mol. The summed E-state index contributed by atoms with van der Waals surface area (Å²) < 4.78 is 0. The van der Waals surface area contributed by atoms with Crippen LogP contribution in [0.2, 0.25) is 0 Å². The van der Waals surface area contributed by atoms with Crippen molar-refractivity contribution in [2.45, 2.75) is 51.5 Å². The Kier molecular flexibility index (Phi) is 10.6. The number of unbranched alkanes of at least 4 members (excludes halogenated alkanes) is 3. The molecule has 4 N–H and O–H groups in total. The van der Waals surface area contributed by atoms with Crippen LogP contribution in [0.15, 0.2) is 30.3 Å². The van der Waals surface area contributed by atoms with Gasteiger partial charge in [0.2, 0.25) is 11.8 Å². The van der Waals surface area contributed by atoms with E-state index in [1.54, 1.807) is 7.05 Å². The number of amides is 4. The van der Waals surface area contributed by atoms with Gasteiger partial charge in [-0.1, -0.05) is 56.5 Å². The molecule has 0 bridgehead atoms. The number of carbonyl (C=O) groups excluding carboxylic acids is 3. The zero-order chi connectivity index (χ0) is 20.1. The molecule has 27 heavy (non-hydrogen) atoms. The van der Waals surface area contributed by atoms with E-state index in [1.165, 1.54) is 4.90 Å². The standard InChI is InChI=1S/C20H32N4O3/c1-3-4-5-9-13-22-20(27)23-17(15-18(21)25)19(26)24(2)14-12-16-10-7-6-8-11-16/h6-8,10-11,17H,3-5,9,12-15H2,1-2H3,(H2,21,25)(H2,22,23,27)/t17-/m1/s1. The van der Waals surface area contributed by atoms with Crippen LogP contribution in [0.25, 0.3) is 0 Å². The van der Waals surface area contributed by atoms with Crippen LogP contribution in [-0.4, -0.2) is 48.9 Å². The summed E-state index contributed by atoms with van der Waals surface area (Å²) in [6.45, 7) is 3.14. The van der Waals surface area contributed by atoms with Crippen LogP contribution in [-0.2, 0) is 16.0 Å². The number of hydrogen-bond acceptors (Lipinski definition) is 3. The van der Waals surface area contributed by atoms with Gasteiger partial charge in [-0.2, -0.15) is 0 Å². The van der Waals surface area contributed by atoms with Gasteiger partial charge >= 0.3 is 6.03 Å². The minimum atomic E-state index is -0.959. The molecule has 0 fully saturated rings. The lowest BCUT2D eigenvalue weighted by Crippen LogP contribution is -2.52. The maximum absolute atomic E-state index is 12.6. The Balaban J connectivity index is 2.51. The number of carbonyl (C=O) groups is 3. The quantitative estimate of drug-likeness (QED) is 0.485. The first-order chi connectivity index (χ1) is 12.9. The van der Waals surface area contributed by atoms with Crippen molar-refractivity contribution in [3.05, 3.63) is 35.9 Å². The highest BCUT2D eigenvalue weighted by atomic mass is 16.2. The van der Waals surface area contributed by atoms with Gasteiger partial charge in [-0.15, -0.1) is 0 Å². The first-order valence-electron chi connectivity index (χ1n) is 9.55. The van der Waals surface area contributed by atoms with Crippen LogP contribution in [0, 0.1) is 0 Å². The van der Waals surface area contributed by atoms with Crippen molar-refractivity contribution in [3.63, 3.8) is 0 Å². The van der Waals surface area contributed by atoms with E-state index in [0.29, 0.717) is 19.5 Å². The van der Waals surface area contributed by atoms with Crippen LogP contribution in [0.1, 0.15) is 44.6 Å². The number of urea groups is 1. The normalized spacial score (nSPS) is 11.5. The Hall–Kier alpha value is -2.57. The first kappa shape index (κ1) is 22.5. The molecule has 0 aliphatic heterocycles. The van der Waals surface area contributed by atoms with Crippen LogP contribution >= 0.6 is 0 Å². The third-order valence-corrected chi connectivity index (χ3v) is 4.28. The summed E-state index contributed by atoms with van der Waals surface area (Å²) in [5.74, 6) is -0.959. The molecule has 1 rings (SSSR count). The minimum absolute atomic E-state index is 0.224. The van der Waals surface area contributed by atoms with Gasteiger partial charge in [0.05, 0.1) is 6.42 Å². The van der Waals surface area contributed by atoms with Gasteiger partial charge < -0.3 is 21.3 Å². The molecule has 0 radical (unpaired) electrons. The minimum Gasteiger partial charge on any atom is -0.370 e. The van der Waals surface area contributed by atoms with Gasteiger partial charge in [-0.05, 0) is 18.4 Å². The zero-order valence-electron chi connectivity index (χ0n) is 16.4. The van der Waals surface area contributed by atoms with Crippen molar-refractivity contribution in [2.24, 2.45) is 5.73 Å². The summed E-state index contributed by atoms with van der Waals surface area (Å²) in [5, 5.41) is 5.30. The lowest BCUT2D eigenvalue weighted by atomic mass is 10.1. The predicted octanol–water partition coefficient (Wildman–Crippen LogP) is 1.81. The number of nitrogens with two attached hydrogens (primary N) is 1. The van der Waals surface area contributed by atoms with Crippen molar-refractivity contribution in [2.75, 3.05) is 20.1 Å². The van der Waals surface area contributed by atoms with Gasteiger partial charge in [-0.25, -0.2) is 4.79 Å². The molecule has 1 aromatic rings. The maximum atomic E-state index is 12.6. The number of nitrogens with zero attached hydrogens (tertiary/aromatic N) is 1. The highest BCUT2D eigenvalue weighted by Gasteiger charge is 2.25. The summed E-state index contributed by atoms with van der Waals surface area (Å²) in [6, 6.07) is 8.39. The van der Waals surface area contributed by atoms with E-state index < -0.39 is 18.0 Å². The third-order valence-electron chi connectivity index (χ3n) is 4.28. The largest absolute Gasteiger partial charge is 0.370 e. The highest BCUT2D eigenvalue weighted by Crippen LogP contribution is 2.04. The maximum Gasteiger partial charge on any atom is 0.315 e. The lowest BCUT2D eigenvalue weighted by Gasteiger charge is -2.24. The summed E-state index contributed by atoms with van der Waals surface area (Å²) in [5.41, 5.74) is 6.36. The highest BCUT2D eigenvalue weighted by molar-refractivity contribution is 5.91. The van der Waals surface area contributed by atoms with E-state index in [1.807, 2.05) is 30.3 Å². The van der Waals surface area contributed by atoms with Gasteiger partial charge in [0.25, 0.3) is 0 Å². The molecular formula is C20H32N4O3. The fourth-order valence-electron chi connectivity index (χ4n) is 2.68. The molecule has 0 aliphatic carbocycles. The molecule has 7 nitrogen and oxygen atoms in total. The molecular weight excluding hydrogens is 344 g/mol. The molecule has 0 heterocycles. The first-order valence-corrected chi connectivity index (χ1v) is 9.55. The number of benzene rings is 1. The Morgan fingerprint density at radius 3 is 2.44 bits per heavy atom. The molecule has 1 atom stereocenters. The third kappa shape index (κ3) is 9.63. The van der Waals surface area contributed by atoms with Crippen molar-refractivity contribution >= 4 is 17.8 Å². The fourth-order valence-corrected chi connectivity index (χ4v) is 2.68. The molecule has 7 heteroatoms. The second kappa shape index (κ2) is 12.7. The van der Waals surface area contributed by atoms with Crippen LogP contribution in [0.5, 0.6) is 0 Å². The molecule has 0 aliphatic rings. The molecule has 150 valence electrons. The van der Waals surface area contributed by atoms with Crippen molar-refractivity contribution in [1.29, 1.82) is 0 Å². The van der Waals surface area contributed by atoms with Crippen LogP contribution in [0.3, 0.4) is 0 Å². The molecule has 0 saturated heterocycles. The Morgan fingerprint density at radius 1 is 1.11 bits per heavy atom. The monoisotopic (exact) mass is 376 g/mol. The zero-order valence-corrected chi connectivity index (χ0v) is 16.4. The van der Waals surface area contributed by atoms with Crippen molar-refractivity contribution < 1.29 is 14.4 Å². The second-order valence-electron chi connectivity index (χ2n) is 6.68. The summed E-state index contributed by atoms with van der Waals surface area (Å²) in [7, 11) is 1.66. The number of likely N-dealkylation sites (N-methyl/N-ethyl adjacent to an activating group) is 1. The van der Waals surface area contributed by atoms with E-state index in [0.717, 1.165) is 31.2 Å². The molecule has 0 spiro atoms. The fraction of sp³-hybridized carbons (Fsp3) is 0.550. The van der Waals surface area contributed by atoms with Gasteiger partial charge in [0.1, 0.15) is 6.04 Å². The van der Waals surface area contributed by atoms with E-state index in [2.05, 4.69) is 17.6 Å². The van der Waals surface area contributed by atoms with Gasteiger partial charge in [-0.3, -0.25) is 9.59 Å². The number of nitrogens with one attached hydrogen (secondary N) is 2. The smallest absolute Gasteiger partial charge is 0.315 e. The molecule has 1 aromatic carbocycles. The summed E-state index contributed by atoms with van der Waals surface area (Å²) >= 11 is 0. The SMILES string of the molecule is CCCCCCNC(=O)N[C@H](CC(N)=O)C(=O)N(C)CCc1ccccc1. The summed E-state index contributed by atoms with van der Waals surface area (Å²) in [6.07, 6.45) is 4.64. The molecule has 4 amide bonds. The Labute approximate surface area is 161 Å². The van der Waals surface area contributed by atoms with E-state index in [9.17, 15) is 14.4 Å². The second-order valence-corrected chi connectivity index (χ2v) is 6.68. The molecule has 0 saturated carbocycles. The van der Waals surface area contributed by atoms with Gasteiger partial charge in [0.15, 0.2) is 0 Å². The van der Waals surface area contributed by atoms with Crippen molar-refractivity contribution in [3.8, 4) is 0 Å². The van der Waals surface area contributed by atoms with E-state index >= 15 is 0 Å². The Morgan fingerprint density at radius 2 is 1.81 bits per heavy atom. The number of primary amides is 1. The average Bonchev–Trinajstić information content (AvgIpc) is 2.65.